The van der Waals surface area contributed by atoms with E-state index in [1.165, 1.54) is 22.6 Å². The van der Waals surface area contributed by atoms with E-state index in [9.17, 15) is 9.59 Å². The van der Waals surface area contributed by atoms with Gasteiger partial charge in [0.1, 0.15) is 5.71 Å². The lowest BCUT2D eigenvalue weighted by Crippen LogP contribution is -2.44. The first-order valence-corrected chi connectivity index (χ1v) is 10.3. The van der Waals surface area contributed by atoms with Gasteiger partial charge in [-0.2, -0.15) is 5.10 Å². The normalized spacial score (nSPS) is 20.8. The van der Waals surface area contributed by atoms with E-state index in [0.717, 1.165) is 39.0 Å². The molecule has 1 aromatic rings. The van der Waals surface area contributed by atoms with Crippen LogP contribution in [0, 0.1) is 12.8 Å². The first kappa shape index (κ1) is 20.5. The predicted octanol–water partition coefficient (Wildman–Crippen LogP) is 2.32. The zero-order valence-corrected chi connectivity index (χ0v) is 17.4. The van der Waals surface area contributed by atoms with Crippen molar-refractivity contribution in [3.05, 3.63) is 35.4 Å². The van der Waals surface area contributed by atoms with Crippen LogP contribution in [0.2, 0.25) is 0 Å². The van der Waals surface area contributed by atoms with Crippen molar-refractivity contribution >= 4 is 17.5 Å². The largest absolute Gasteiger partial charge is 0.340 e. The monoisotopic (exact) mass is 384 g/mol. The number of hydrogen-bond donors (Lipinski definition) is 0. The Kier molecular flexibility index (Phi) is 6.83. The number of carbonyl (C=O) groups is 2. The molecule has 1 aromatic carbocycles. The topological polar surface area (TPSA) is 56.2 Å². The molecule has 0 aromatic heterocycles. The third-order valence-corrected chi connectivity index (χ3v) is 5.89. The number of hydrazone groups is 1. The highest BCUT2D eigenvalue weighted by Crippen LogP contribution is 2.19. The van der Waals surface area contributed by atoms with E-state index in [-0.39, 0.29) is 11.8 Å². The fourth-order valence-corrected chi connectivity index (χ4v) is 4.19. The summed E-state index contributed by atoms with van der Waals surface area (Å²) in [6.07, 6.45) is 4.22. The summed E-state index contributed by atoms with van der Waals surface area (Å²) >= 11 is 0. The van der Waals surface area contributed by atoms with Gasteiger partial charge in [0.05, 0.1) is 0 Å². The van der Waals surface area contributed by atoms with Gasteiger partial charge in [0.25, 0.3) is 5.91 Å². The molecule has 1 saturated heterocycles. The lowest BCUT2D eigenvalue weighted by molar-refractivity contribution is -0.130. The number of likely N-dealkylation sites (tertiary alicyclic amines) is 1. The molecule has 1 fully saturated rings. The Balaban J connectivity index is 1.50. The lowest BCUT2D eigenvalue weighted by atomic mass is 9.96. The molecule has 2 heterocycles. The van der Waals surface area contributed by atoms with Crippen LogP contribution in [-0.4, -0.2) is 72.6 Å². The van der Waals surface area contributed by atoms with Crippen molar-refractivity contribution in [2.45, 2.75) is 39.0 Å². The number of benzene rings is 1. The third-order valence-electron chi connectivity index (χ3n) is 5.89. The SMILES string of the molecule is Cc1ccccc1CCN1CCC[C@H](CN(C)C(=O)C2=NN(C)C(=O)CC2)C1. The molecule has 28 heavy (non-hydrogen) atoms. The minimum absolute atomic E-state index is 0.0317. The van der Waals surface area contributed by atoms with Crippen LogP contribution in [0.4, 0.5) is 0 Å². The van der Waals surface area contributed by atoms with Gasteiger partial charge in [-0.05, 0) is 49.8 Å². The molecule has 0 radical (unpaired) electrons. The van der Waals surface area contributed by atoms with Crippen molar-refractivity contribution < 1.29 is 9.59 Å². The standard InChI is InChI=1S/C22H32N4O2/c1-17-7-4-5-9-19(17)12-14-26-13-6-8-18(16-26)15-24(2)22(28)20-10-11-21(27)25(3)23-20/h4-5,7,9,18H,6,8,10-16H2,1-3H3/t18-/m1/s1. The molecule has 6 heteroatoms. The Morgan fingerprint density at radius 3 is 2.82 bits per heavy atom. The Hall–Kier alpha value is -2.21. The Labute approximate surface area is 168 Å². The van der Waals surface area contributed by atoms with Crippen LogP contribution in [0.25, 0.3) is 0 Å². The molecule has 0 aliphatic carbocycles. The number of hydrogen-bond acceptors (Lipinski definition) is 4. The van der Waals surface area contributed by atoms with E-state index in [4.69, 9.17) is 0 Å². The van der Waals surface area contributed by atoms with Crippen LogP contribution >= 0.6 is 0 Å². The van der Waals surface area contributed by atoms with Gasteiger partial charge >= 0.3 is 0 Å². The Morgan fingerprint density at radius 1 is 1.29 bits per heavy atom. The minimum Gasteiger partial charge on any atom is -0.340 e. The highest BCUT2D eigenvalue weighted by molar-refractivity contribution is 6.39. The van der Waals surface area contributed by atoms with E-state index in [1.54, 1.807) is 11.9 Å². The number of rotatable bonds is 6. The van der Waals surface area contributed by atoms with Gasteiger partial charge in [0.2, 0.25) is 5.91 Å². The molecule has 2 aliphatic rings. The number of aryl methyl sites for hydroxylation is 1. The Bertz CT molecular complexity index is 746. The fraction of sp³-hybridized carbons (Fsp3) is 0.591. The van der Waals surface area contributed by atoms with E-state index < -0.39 is 0 Å². The van der Waals surface area contributed by atoms with Crippen LogP contribution in [0.5, 0.6) is 0 Å². The van der Waals surface area contributed by atoms with E-state index in [0.29, 0.717) is 24.5 Å². The van der Waals surface area contributed by atoms with Gasteiger partial charge < -0.3 is 9.80 Å². The highest BCUT2D eigenvalue weighted by atomic mass is 16.2. The summed E-state index contributed by atoms with van der Waals surface area (Å²) in [5.41, 5.74) is 3.28. The molecular weight excluding hydrogens is 352 g/mol. The van der Waals surface area contributed by atoms with Crippen molar-refractivity contribution in [1.82, 2.24) is 14.8 Å². The molecule has 152 valence electrons. The van der Waals surface area contributed by atoms with Gasteiger partial charge in [-0.3, -0.25) is 9.59 Å². The fourth-order valence-electron chi connectivity index (χ4n) is 4.19. The first-order chi connectivity index (χ1) is 13.4. The van der Waals surface area contributed by atoms with Crippen molar-refractivity contribution in [2.24, 2.45) is 11.0 Å². The highest BCUT2D eigenvalue weighted by Gasteiger charge is 2.27. The molecule has 1 atom stereocenters. The average molecular weight is 385 g/mol. The lowest BCUT2D eigenvalue weighted by Gasteiger charge is -2.35. The zero-order valence-electron chi connectivity index (χ0n) is 17.4. The summed E-state index contributed by atoms with van der Waals surface area (Å²) in [7, 11) is 3.47. The van der Waals surface area contributed by atoms with Crippen molar-refractivity contribution in [3.8, 4) is 0 Å². The van der Waals surface area contributed by atoms with Crippen LogP contribution in [0.3, 0.4) is 0 Å². The summed E-state index contributed by atoms with van der Waals surface area (Å²) < 4.78 is 0. The molecular formula is C22H32N4O2. The molecule has 3 rings (SSSR count). The second-order valence-electron chi connectivity index (χ2n) is 8.14. The number of piperidine rings is 1. The average Bonchev–Trinajstić information content (AvgIpc) is 2.69. The molecule has 0 saturated carbocycles. The molecule has 0 bridgehead atoms. The van der Waals surface area contributed by atoms with Crippen molar-refractivity contribution in [3.63, 3.8) is 0 Å². The molecule has 0 spiro atoms. The van der Waals surface area contributed by atoms with Crippen LogP contribution in [0.1, 0.15) is 36.8 Å². The maximum atomic E-state index is 12.7. The summed E-state index contributed by atoms with van der Waals surface area (Å²) in [6.45, 7) is 6.16. The van der Waals surface area contributed by atoms with Crippen LogP contribution in [-0.2, 0) is 16.0 Å². The number of nitrogens with zero attached hydrogens (tertiary/aromatic N) is 4. The van der Waals surface area contributed by atoms with E-state index >= 15 is 0 Å². The second-order valence-corrected chi connectivity index (χ2v) is 8.14. The molecule has 0 N–H and O–H groups in total. The van der Waals surface area contributed by atoms with E-state index in [1.807, 2.05) is 7.05 Å². The van der Waals surface area contributed by atoms with Gasteiger partial charge in [-0.15, -0.1) is 0 Å². The summed E-state index contributed by atoms with van der Waals surface area (Å²) in [4.78, 5) is 28.6. The summed E-state index contributed by atoms with van der Waals surface area (Å²) in [6, 6.07) is 8.59. The summed E-state index contributed by atoms with van der Waals surface area (Å²) in [5.74, 6) is 0.412. The van der Waals surface area contributed by atoms with E-state index in [2.05, 4.69) is 41.2 Å². The summed E-state index contributed by atoms with van der Waals surface area (Å²) in [5, 5.41) is 5.45. The van der Waals surface area contributed by atoms with Gasteiger partial charge in [-0.25, -0.2) is 5.01 Å². The minimum atomic E-state index is -0.0450. The van der Waals surface area contributed by atoms with Crippen molar-refractivity contribution in [1.29, 1.82) is 0 Å². The maximum absolute atomic E-state index is 12.7. The molecule has 6 nitrogen and oxygen atoms in total. The van der Waals surface area contributed by atoms with Gasteiger partial charge in [0.15, 0.2) is 0 Å². The van der Waals surface area contributed by atoms with Gasteiger partial charge in [-0.1, -0.05) is 24.3 Å². The number of carbonyl (C=O) groups excluding carboxylic acids is 2. The quantitative estimate of drug-likeness (QED) is 0.756. The molecule has 0 unspecified atom stereocenters. The van der Waals surface area contributed by atoms with Crippen molar-refractivity contribution in [2.75, 3.05) is 40.3 Å². The maximum Gasteiger partial charge on any atom is 0.269 e. The Morgan fingerprint density at radius 2 is 2.07 bits per heavy atom. The van der Waals surface area contributed by atoms with Crippen LogP contribution < -0.4 is 0 Å². The second kappa shape index (κ2) is 9.32. The predicted molar refractivity (Wildman–Crippen MR) is 111 cm³/mol. The molecule has 2 aliphatic heterocycles. The first-order valence-electron chi connectivity index (χ1n) is 10.3. The smallest absolute Gasteiger partial charge is 0.269 e. The number of amides is 2. The van der Waals surface area contributed by atoms with Crippen LogP contribution in [0.15, 0.2) is 29.4 Å². The molecule has 2 amide bonds. The zero-order chi connectivity index (χ0) is 20.1. The van der Waals surface area contributed by atoms with Gasteiger partial charge in [0, 0.05) is 46.6 Å². The third kappa shape index (κ3) is 5.19.